The van der Waals surface area contributed by atoms with Gasteiger partial charge in [-0.05, 0) is 48.0 Å². The Hall–Kier alpha value is -3.77. The van der Waals surface area contributed by atoms with Crippen LogP contribution in [0.4, 0.5) is 0 Å². The summed E-state index contributed by atoms with van der Waals surface area (Å²) >= 11 is 5.92. The van der Waals surface area contributed by atoms with Gasteiger partial charge in [-0.25, -0.2) is 9.78 Å². The first kappa shape index (κ1) is 18.6. The summed E-state index contributed by atoms with van der Waals surface area (Å²) in [5.41, 5.74) is 1.54. The summed E-state index contributed by atoms with van der Waals surface area (Å²) in [4.78, 5) is 33.1. The van der Waals surface area contributed by atoms with E-state index < -0.39 is 5.97 Å². The molecule has 2 aromatic heterocycles. The van der Waals surface area contributed by atoms with E-state index >= 15 is 0 Å². The lowest BCUT2D eigenvalue weighted by Crippen LogP contribution is -2.22. The van der Waals surface area contributed by atoms with E-state index in [4.69, 9.17) is 11.6 Å². The number of halogens is 1. The second-order valence-electron chi connectivity index (χ2n) is 6.24. The molecule has 0 radical (unpaired) electrons. The molecule has 0 aliphatic heterocycles. The van der Waals surface area contributed by atoms with E-state index in [9.17, 15) is 14.7 Å². The summed E-state index contributed by atoms with van der Waals surface area (Å²) < 4.78 is 1.38. The van der Waals surface area contributed by atoms with Crippen LogP contribution in [0.25, 0.3) is 28.7 Å². The molecule has 0 amide bonds. The molecule has 4 rings (SSSR count). The highest BCUT2D eigenvalue weighted by Crippen LogP contribution is 2.17. The van der Waals surface area contributed by atoms with Crippen LogP contribution in [0.3, 0.4) is 0 Å². The quantitative estimate of drug-likeness (QED) is 0.549. The highest BCUT2D eigenvalue weighted by atomic mass is 35.5. The second kappa shape index (κ2) is 7.69. The van der Waals surface area contributed by atoms with Crippen molar-refractivity contribution in [2.75, 3.05) is 0 Å². The molecule has 0 aliphatic carbocycles. The Labute approximate surface area is 170 Å². The number of carboxylic acids is 1. The topological polar surface area (TPSA) is 85.1 Å². The van der Waals surface area contributed by atoms with Crippen molar-refractivity contribution in [1.29, 1.82) is 0 Å². The van der Waals surface area contributed by atoms with Gasteiger partial charge in [0.1, 0.15) is 5.82 Å². The SMILES string of the molecule is O=C(O)c1cccc(-n2c(/C=C/c3ccc(Cl)cc3)nc3ccncc3c2=O)c1. The fourth-order valence-corrected chi connectivity index (χ4v) is 3.06. The van der Waals surface area contributed by atoms with Gasteiger partial charge in [0.2, 0.25) is 0 Å². The highest BCUT2D eigenvalue weighted by molar-refractivity contribution is 6.30. The summed E-state index contributed by atoms with van der Waals surface area (Å²) in [5, 5.41) is 10.3. The largest absolute Gasteiger partial charge is 0.478 e. The average Bonchev–Trinajstić information content (AvgIpc) is 2.73. The van der Waals surface area contributed by atoms with Crippen LogP contribution in [-0.4, -0.2) is 25.6 Å². The van der Waals surface area contributed by atoms with Gasteiger partial charge in [-0.3, -0.25) is 14.3 Å². The van der Waals surface area contributed by atoms with Crippen LogP contribution >= 0.6 is 11.6 Å². The van der Waals surface area contributed by atoms with Gasteiger partial charge in [0, 0.05) is 17.4 Å². The van der Waals surface area contributed by atoms with Gasteiger partial charge in [-0.15, -0.1) is 0 Å². The zero-order valence-corrected chi connectivity index (χ0v) is 15.7. The first-order valence-corrected chi connectivity index (χ1v) is 9.05. The molecule has 0 aliphatic rings. The Bertz CT molecular complexity index is 1310. The van der Waals surface area contributed by atoms with Crippen LogP contribution in [0.2, 0.25) is 5.02 Å². The molecule has 7 heteroatoms. The first-order chi connectivity index (χ1) is 14.0. The Morgan fingerprint density at radius 1 is 1.07 bits per heavy atom. The van der Waals surface area contributed by atoms with E-state index in [1.54, 1.807) is 42.6 Å². The summed E-state index contributed by atoms with van der Waals surface area (Å²) in [7, 11) is 0. The molecule has 0 saturated heterocycles. The summed E-state index contributed by atoms with van der Waals surface area (Å²) in [6.07, 6.45) is 6.53. The van der Waals surface area contributed by atoms with Crippen molar-refractivity contribution in [3.05, 3.63) is 99.3 Å². The molecule has 0 spiro atoms. The van der Waals surface area contributed by atoms with Crippen LogP contribution < -0.4 is 5.56 Å². The van der Waals surface area contributed by atoms with Crippen LogP contribution in [0.15, 0.2) is 71.8 Å². The molecule has 0 saturated carbocycles. The molecule has 1 N–H and O–H groups in total. The van der Waals surface area contributed by atoms with Crippen LogP contribution in [0, 0.1) is 0 Å². The minimum absolute atomic E-state index is 0.0771. The molecule has 142 valence electrons. The summed E-state index contributed by atoms with van der Waals surface area (Å²) in [6.45, 7) is 0. The monoisotopic (exact) mass is 403 g/mol. The van der Waals surface area contributed by atoms with Crippen LogP contribution in [0.5, 0.6) is 0 Å². The molecule has 0 bridgehead atoms. The molecule has 4 aromatic rings. The maximum atomic E-state index is 13.2. The van der Waals surface area contributed by atoms with Gasteiger partial charge in [-0.1, -0.05) is 35.9 Å². The third kappa shape index (κ3) is 3.79. The van der Waals surface area contributed by atoms with Crippen molar-refractivity contribution in [1.82, 2.24) is 14.5 Å². The van der Waals surface area contributed by atoms with Crippen LogP contribution in [0.1, 0.15) is 21.7 Å². The third-order valence-corrected chi connectivity index (χ3v) is 4.59. The number of fused-ring (bicyclic) bond motifs is 1. The van der Waals surface area contributed by atoms with E-state index in [0.717, 1.165) is 5.56 Å². The fourth-order valence-electron chi connectivity index (χ4n) is 2.93. The third-order valence-electron chi connectivity index (χ3n) is 4.34. The van der Waals surface area contributed by atoms with E-state index in [1.807, 2.05) is 18.2 Å². The smallest absolute Gasteiger partial charge is 0.335 e. The van der Waals surface area contributed by atoms with Gasteiger partial charge in [0.15, 0.2) is 0 Å². The normalized spacial score (nSPS) is 11.2. The molecule has 0 atom stereocenters. The number of rotatable bonds is 4. The molecule has 6 nitrogen and oxygen atoms in total. The number of aromatic nitrogens is 3. The van der Waals surface area contributed by atoms with Crippen molar-refractivity contribution in [2.24, 2.45) is 0 Å². The molecular formula is C22H14ClN3O3. The van der Waals surface area contributed by atoms with Gasteiger partial charge in [0.25, 0.3) is 5.56 Å². The Balaban J connectivity index is 1.94. The lowest BCUT2D eigenvalue weighted by molar-refractivity contribution is 0.0697. The van der Waals surface area contributed by atoms with Crippen molar-refractivity contribution in [3.8, 4) is 5.69 Å². The van der Waals surface area contributed by atoms with Crippen molar-refractivity contribution >= 4 is 40.6 Å². The minimum atomic E-state index is -1.08. The second-order valence-corrected chi connectivity index (χ2v) is 6.68. The van der Waals surface area contributed by atoms with Crippen molar-refractivity contribution < 1.29 is 9.90 Å². The standard InChI is InChI=1S/C22H14ClN3O3/c23-16-7-4-14(5-8-16)6-9-20-25-19-10-11-24-13-18(19)21(27)26(20)17-3-1-2-15(12-17)22(28)29/h1-13H,(H,28,29)/b9-6+. The van der Waals surface area contributed by atoms with Gasteiger partial charge in [0.05, 0.1) is 22.2 Å². The fraction of sp³-hybridized carbons (Fsp3) is 0. The number of pyridine rings is 1. The lowest BCUT2D eigenvalue weighted by Gasteiger charge is -2.12. The van der Waals surface area contributed by atoms with E-state index in [0.29, 0.717) is 27.4 Å². The average molecular weight is 404 g/mol. The molecular weight excluding hydrogens is 390 g/mol. The molecule has 0 unspecified atom stereocenters. The minimum Gasteiger partial charge on any atom is -0.478 e. The highest BCUT2D eigenvalue weighted by Gasteiger charge is 2.13. The van der Waals surface area contributed by atoms with Crippen molar-refractivity contribution in [3.63, 3.8) is 0 Å². The maximum Gasteiger partial charge on any atom is 0.335 e. The number of nitrogens with zero attached hydrogens (tertiary/aromatic N) is 3. The predicted molar refractivity (Wildman–Crippen MR) is 112 cm³/mol. The Morgan fingerprint density at radius 2 is 1.86 bits per heavy atom. The maximum absolute atomic E-state index is 13.2. The number of carboxylic acid groups (broad SMARTS) is 1. The predicted octanol–water partition coefficient (Wildman–Crippen LogP) is 4.30. The van der Waals surface area contributed by atoms with Gasteiger partial charge >= 0.3 is 5.97 Å². The zero-order valence-electron chi connectivity index (χ0n) is 15.0. The summed E-state index contributed by atoms with van der Waals surface area (Å²) in [6, 6.07) is 15.0. The van der Waals surface area contributed by atoms with Gasteiger partial charge in [-0.2, -0.15) is 0 Å². The van der Waals surface area contributed by atoms with Gasteiger partial charge < -0.3 is 5.11 Å². The van der Waals surface area contributed by atoms with E-state index in [1.165, 1.54) is 22.9 Å². The number of hydrogen-bond donors (Lipinski definition) is 1. The summed E-state index contributed by atoms with van der Waals surface area (Å²) in [5.74, 6) is -0.709. The first-order valence-electron chi connectivity index (χ1n) is 8.67. The van der Waals surface area contributed by atoms with E-state index in [-0.39, 0.29) is 11.1 Å². The number of hydrogen-bond acceptors (Lipinski definition) is 4. The molecule has 2 heterocycles. The molecule has 2 aromatic carbocycles. The molecule has 0 fully saturated rings. The number of carbonyl (C=O) groups is 1. The van der Waals surface area contributed by atoms with Crippen molar-refractivity contribution in [2.45, 2.75) is 0 Å². The molecule has 29 heavy (non-hydrogen) atoms. The Kier molecular flexibility index (Phi) is 4.93. The Morgan fingerprint density at radius 3 is 2.62 bits per heavy atom. The number of benzene rings is 2. The van der Waals surface area contributed by atoms with Crippen LogP contribution in [-0.2, 0) is 0 Å². The number of aromatic carboxylic acids is 1. The zero-order chi connectivity index (χ0) is 20.4. The lowest BCUT2D eigenvalue weighted by atomic mass is 10.2. The van der Waals surface area contributed by atoms with E-state index in [2.05, 4.69) is 9.97 Å².